The number of rotatable bonds is 7. The molecule has 0 aliphatic carbocycles. The molecule has 2 N–H and O–H groups in total. The van der Waals surface area contributed by atoms with Gasteiger partial charge in [0.1, 0.15) is 12.4 Å². The molecule has 21 heavy (non-hydrogen) atoms. The fourth-order valence-electron chi connectivity index (χ4n) is 1.59. The summed E-state index contributed by atoms with van der Waals surface area (Å²) >= 11 is 0. The molecule has 0 fully saturated rings. The van der Waals surface area contributed by atoms with Crippen molar-refractivity contribution in [2.75, 3.05) is 19.8 Å². The lowest BCUT2D eigenvalue weighted by Gasteiger charge is -2.09. The summed E-state index contributed by atoms with van der Waals surface area (Å²) in [5.74, 6) is -1.67. The first kappa shape index (κ1) is 17.5. The third kappa shape index (κ3) is 5.07. The average molecular weight is 319 g/mol. The average Bonchev–Trinajstić information content (AvgIpc) is 2.39. The van der Waals surface area contributed by atoms with E-state index in [2.05, 4.69) is 0 Å². The summed E-state index contributed by atoms with van der Waals surface area (Å²) in [5.41, 5.74) is -0.349. The quantitative estimate of drug-likeness (QED) is 0.605. The van der Waals surface area contributed by atoms with E-state index in [1.807, 2.05) is 6.92 Å². The van der Waals surface area contributed by atoms with Gasteiger partial charge in [0.05, 0.1) is 17.1 Å². The predicted octanol–water partition coefficient (Wildman–Crippen LogP) is 1.36. The topological polar surface area (TPSA) is 95.7 Å². The zero-order chi connectivity index (χ0) is 16.0. The van der Waals surface area contributed by atoms with Crippen molar-refractivity contribution in [1.29, 1.82) is 0 Å². The largest absolute Gasteiger partial charge is 0.460 e. The zero-order valence-electron chi connectivity index (χ0n) is 11.9. The van der Waals surface area contributed by atoms with E-state index < -0.39 is 26.7 Å². The summed E-state index contributed by atoms with van der Waals surface area (Å²) in [6.07, 6.45) is 0.842. The van der Waals surface area contributed by atoms with Crippen LogP contribution in [-0.2, 0) is 19.5 Å². The molecule has 0 spiro atoms. The number of halogens is 1. The molecule has 0 aliphatic rings. The van der Waals surface area contributed by atoms with E-state index in [4.69, 9.17) is 14.6 Å². The summed E-state index contributed by atoms with van der Waals surface area (Å²) in [6, 6.07) is 1.92. The Morgan fingerprint density at radius 3 is 2.52 bits per heavy atom. The summed E-state index contributed by atoms with van der Waals surface area (Å²) in [7, 11) is -4.12. The number of esters is 1. The second-order valence-electron chi connectivity index (χ2n) is 4.37. The molecule has 6 nitrogen and oxygen atoms in total. The first-order valence-electron chi connectivity index (χ1n) is 6.35. The third-order valence-electron chi connectivity index (χ3n) is 2.65. The van der Waals surface area contributed by atoms with Crippen LogP contribution in [0.1, 0.15) is 29.3 Å². The molecule has 8 heteroatoms. The van der Waals surface area contributed by atoms with Gasteiger partial charge in [-0.1, -0.05) is 6.92 Å². The number of carbonyl (C=O) groups excluding carboxylic acids is 1. The van der Waals surface area contributed by atoms with E-state index in [1.165, 1.54) is 6.92 Å². The molecule has 0 atom stereocenters. The number of benzene rings is 1. The Hall–Kier alpha value is -1.51. The molecule has 0 amide bonds. The van der Waals surface area contributed by atoms with E-state index in [9.17, 15) is 17.6 Å². The van der Waals surface area contributed by atoms with Crippen molar-refractivity contribution in [1.82, 2.24) is 0 Å². The van der Waals surface area contributed by atoms with Crippen LogP contribution < -0.4 is 5.14 Å². The minimum Gasteiger partial charge on any atom is -0.460 e. The molecule has 1 rings (SSSR count). The highest BCUT2D eigenvalue weighted by Gasteiger charge is 2.19. The van der Waals surface area contributed by atoms with Crippen molar-refractivity contribution in [3.8, 4) is 0 Å². The van der Waals surface area contributed by atoms with Crippen molar-refractivity contribution in [3.63, 3.8) is 0 Å². The third-order valence-corrected chi connectivity index (χ3v) is 3.69. The molecule has 0 saturated carbocycles. The van der Waals surface area contributed by atoms with Crippen LogP contribution in [0, 0.1) is 12.7 Å². The van der Waals surface area contributed by atoms with Gasteiger partial charge in [-0.2, -0.15) is 0 Å². The van der Waals surface area contributed by atoms with Gasteiger partial charge < -0.3 is 9.47 Å². The van der Waals surface area contributed by atoms with Gasteiger partial charge in [0, 0.05) is 12.2 Å². The number of ether oxygens (including phenoxy) is 2. The van der Waals surface area contributed by atoms with Crippen LogP contribution in [0.2, 0.25) is 0 Å². The fourth-order valence-corrected chi connectivity index (χ4v) is 2.41. The lowest BCUT2D eigenvalue weighted by molar-refractivity contribution is 0.0318. The minimum atomic E-state index is -4.12. The van der Waals surface area contributed by atoms with Crippen molar-refractivity contribution >= 4 is 16.0 Å². The van der Waals surface area contributed by atoms with E-state index in [-0.39, 0.29) is 24.3 Å². The predicted molar refractivity (Wildman–Crippen MR) is 73.9 cm³/mol. The Kier molecular flexibility index (Phi) is 6.25. The SMILES string of the molecule is CCCOCCOC(=O)c1cc(F)c(C)c(S(N)(=O)=O)c1. The summed E-state index contributed by atoms with van der Waals surface area (Å²) < 4.78 is 46.4. The van der Waals surface area contributed by atoms with Crippen LogP contribution in [-0.4, -0.2) is 34.2 Å². The van der Waals surface area contributed by atoms with E-state index in [0.717, 1.165) is 18.6 Å². The summed E-state index contributed by atoms with van der Waals surface area (Å²) in [5, 5.41) is 4.98. The lowest BCUT2D eigenvalue weighted by atomic mass is 10.1. The minimum absolute atomic E-state index is 0.000955. The van der Waals surface area contributed by atoms with Crippen LogP contribution in [0.25, 0.3) is 0 Å². The Labute approximate surface area is 123 Å². The molecule has 1 aromatic carbocycles. The van der Waals surface area contributed by atoms with Gasteiger partial charge in [0.2, 0.25) is 10.0 Å². The monoisotopic (exact) mass is 319 g/mol. The molecule has 1 aromatic rings. The van der Waals surface area contributed by atoms with Gasteiger partial charge in [-0.15, -0.1) is 0 Å². The fraction of sp³-hybridized carbons (Fsp3) is 0.462. The van der Waals surface area contributed by atoms with Gasteiger partial charge in [-0.05, 0) is 25.5 Å². The van der Waals surface area contributed by atoms with Gasteiger partial charge in [0.25, 0.3) is 0 Å². The van der Waals surface area contributed by atoms with Crippen LogP contribution in [0.3, 0.4) is 0 Å². The second kappa shape index (κ2) is 7.48. The highest BCUT2D eigenvalue weighted by molar-refractivity contribution is 7.89. The molecule has 0 radical (unpaired) electrons. The van der Waals surface area contributed by atoms with E-state index in [0.29, 0.717) is 6.61 Å². The highest BCUT2D eigenvalue weighted by Crippen LogP contribution is 2.20. The Bertz CT molecular complexity index is 615. The number of carbonyl (C=O) groups is 1. The maximum atomic E-state index is 13.7. The maximum absolute atomic E-state index is 13.7. The number of hydrogen-bond donors (Lipinski definition) is 1. The first-order valence-corrected chi connectivity index (χ1v) is 7.89. The van der Waals surface area contributed by atoms with Crippen LogP contribution in [0.5, 0.6) is 0 Å². The van der Waals surface area contributed by atoms with E-state index >= 15 is 0 Å². The molecule has 0 aliphatic heterocycles. The first-order chi connectivity index (χ1) is 9.77. The number of nitrogens with two attached hydrogens (primary N) is 1. The molecule has 118 valence electrons. The molecular weight excluding hydrogens is 301 g/mol. The number of hydrogen-bond acceptors (Lipinski definition) is 5. The molecule has 0 bridgehead atoms. The highest BCUT2D eigenvalue weighted by atomic mass is 32.2. The molecule has 0 aromatic heterocycles. The van der Waals surface area contributed by atoms with Gasteiger partial charge in [0.15, 0.2) is 0 Å². The van der Waals surface area contributed by atoms with Crippen molar-refractivity contribution in [2.45, 2.75) is 25.2 Å². The molecular formula is C13H18FNO5S. The van der Waals surface area contributed by atoms with Gasteiger partial charge >= 0.3 is 5.97 Å². The Morgan fingerprint density at radius 2 is 1.95 bits per heavy atom. The van der Waals surface area contributed by atoms with Crippen LogP contribution >= 0.6 is 0 Å². The molecule has 0 heterocycles. The van der Waals surface area contributed by atoms with Crippen molar-refractivity contribution in [3.05, 3.63) is 29.1 Å². The summed E-state index contributed by atoms with van der Waals surface area (Å²) in [6.45, 7) is 3.97. The van der Waals surface area contributed by atoms with Crippen LogP contribution in [0.4, 0.5) is 4.39 Å². The summed E-state index contributed by atoms with van der Waals surface area (Å²) in [4.78, 5) is 11.3. The standard InChI is InChI=1S/C13H18FNO5S/c1-3-4-19-5-6-20-13(16)10-7-11(14)9(2)12(8-10)21(15,17)18/h7-8H,3-6H2,1-2H3,(H2,15,17,18). The normalized spacial score (nSPS) is 11.4. The molecule has 0 saturated heterocycles. The maximum Gasteiger partial charge on any atom is 0.338 e. The van der Waals surface area contributed by atoms with Gasteiger partial charge in [-0.3, -0.25) is 0 Å². The Morgan fingerprint density at radius 1 is 1.29 bits per heavy atom. The van der Waals surface area contributed by atoms with Crippen molar-refractivity contribution in [2.24, 2.45) is 5.14 Å². The Balaban J connectivity index is 2.84. The van der Waals surface area contributed by atoms with E-state index in [1.54, 1.807) is 0 Å². The smallest absolute Gasteiger partial charge is 0.338 e. The number of sulfonamides is 1. The second-order valence-corrected chi connectivity index (χ2v) is 5.90. The lowest BCUT2D eigenvalue weighted by Crippen LogP contribution is -2.17. The van der Waals surface area contributed by atoms with Crippen molar-refractivity contribution < 1.29 is 27.1 Å². The van der Waals surface area contributed by atoms with Crippen LogP contribution in [0.15, 0.2) is 17.0 Å². The molecule has 0 unspecified atom stereocenters. The van der Waals surface area contributed by atoms with Gasteiger partial charge in [-0.25, -0.2) is 22.7 Å². The number of primary sulfonamides is 1. The zero-order valence-corrected chi connectivity index (χ0v) is 12.7.